The third kappa shape index (κ3) is 4.60. The molecule has 0 bridgehead atoms. The zero-order valence-electron chi connectivity index (χ0n) is 19.3. The molecule has 5 nitrogen and oxygen atoms in total. The first-order valence-electron chi connectivity index (χ1n) is 12.2. The number of piperazine rings is 1. The topological polar surface area (TPSA) is 49.3 Å². The fraction of sp³-hybridized carbons (Fsp3) is 0.500. The number of hydrogen-bond acceptors (Lipinski definition) is 5. The van der Waals surface area contributed by atoms with Gasteiger partial charge in [-0.05, 0) is 61.9 Å². The van der Waals surface area contributed by atoms with E-state index in [4.69, 9.17) is 9.97 Å². The van der Waals surface area contributed by atoms with Crippen molar-refractivity contribution in [2.24, 2.45) is 0 Å². The Bertz CT molecular complexity index is 1140. The van der Waals surface area contributed by atoms with Gasteiger partial charge in [-0.2, -0.15) is 0 Å². The molecule has 1 aliphatic heterocycles. The SMILES string of the molecule is CCCCc1nc(N2CCN(C(=O)c3ccc(F)cc3)CC2)c2c3c(sc2n1)CCCCC3. The van der Waals surface area contributed by atoms with Crippen LogP contribution in [-0.4, -0.2) is 47.0 Å². The largest absolute Gasteiger partial charge is 0.352 e. The van der Waals surface area contributed by atoms with Crippen LogP contribution in [0, 0.1) is 5.82 Å². The van der Waals surface area contributed by atoms with Gasteiger partial charge >= 0.3 is 0 Å². The molecule has 5 rings (SSSR count). The number of carbonyl (C=O) groups is 1. The lowest BCUT2D eigenvalue weighted by Crippen LogP contribution is -2.49. The summed E-state index contributed by atoms with van der Waals surface area (Å²) in [5, 5.41) is 1.26. The maximum Gasteiger partial charge on any atom is 0.253 e. The molecular formula is C26H31FN4OS. The van der Waals surface area contributed by atoms with Gasteiger partial charge in [-0.15, -0.1) is 11.3 Å². The molecule has 0 unspecified atom stereocenters. The van der Waals surface area contributed by atoms with E-state index in [1.807, 2.05) is 16.2 Å². The highest BCUT2D eigenvalue weighted by molar-refractivity contribution is 7.19. The van der Waals surface area contributed by atoms with E-state index in [2.05, 4.69) is 11.8 Å². The Morgan fingerprint density at radius 3 is 2.55 bits per heavy atom. The summed E-state index contributed by atoms with van der Waals surface area (Å²) in [7, 11) is 0. The lowest BCUT2D eigenvalue weighted by molar-refractivity contribution is 0.0746. The second-order valence-electron chi connectivity index (χ2n) is 9.10. The van der Waals surface area contributed by atoms with Crippen LogP contribution in [0.1, 0.15) is 65.7 Å². The summed E-state index contributed by atoms with van der Waals surface area (Å²) < 4.78 is 13.2. The van der Waals surface area contributed by atoms with Crippen LogP contribution in [0.4, 0.5) is 10.2 Å². The number of amides is 1. The molecule has 33 heavy (non-hydrogen) atoms. The van der Waals surface area contributed by atoms with Gasteiger partial charge in [0.05, 0.1) is 5.39 Å². The van der Waals surface area contributed by atoms with Crippen molar-refractivity contribution >= 4 is 33.3 Å². The number of hydrogen-bond donors (Lipinski definition) is 0. The molecule has 1 fully saturated rings. The van der Waals surface area contributed by atoms with Gasteiger partial charge in [-0.1, -0.05) is 19.8 Å². The van der Waals surface area contributed by atoms with Gasteiger partial charge in [0.2, 0.25) is 0 Å². The predicted molar refractivity (Wildman–Crippen MR) is 132 cm³/mol. The molecule has 1 aliphatic carbocycles. The molecule has 3 heterocycles. The van der Waals surface area contributed by atoms with Crippen molar-refractivity contribution in [3.63, 3.8) is 0 Å². The van der Waals surface area contributed by atoms with E-state index in [0.29, 0.717) is 18.7 Å². The van der Waals surface area contributed by atoms with Crippen LogP contribution < -0.4 is 4.90 Å². The molecule has 0 spiro atoms. The molecule has 174 valence electrons. The van der Waals surface area contributed by atoms with E-state index in [9.17, 15) is 9.18 Å². The second-order valence-corrected chi connectivity index (χ2v) is 10.2. The van der Waals surface area contributed by atoms with E-state index in [-0.39, 0.29) is 11.7 Å². The van der Waals surface area contributed by atoms with Crippen molar-refractivity contribution < 1.29 is 9.18 Å². The molecule has 0 N–H and O–H groups in total. The molecule has 7 heteroatoms. The van der Waals surface area contributed by atoms with E-state index in [0.717, 1.165) is 61.7 Å². The van der Waals surface area contributed by atoms with Crippen LogP contribution in [-0.2, 0) is 19.3 Å². The molecule has 2 aliphatic rings. The number of aromatic nitrogens is 2. The number of thiophene rings is 1. The van der Waals surface area contributed by atoms with Gasteiger partial charge in [-0.25, -0.2) is 14.4 Å². The molecule has 3 aromatic rings. The monoisotopic (exact) mass is 466 g/mol. The van der Waals surface area contributed by atoms with Gasteiger partial charge < -0.3 is 9.80 Å². The summed E-state index contributed by atoms with van der Waals surface area (Å²) in [4.78, 5) is 29.8. The first-order chi connectivity index (χ1) is 16.1. The number of nitrogens with zero attached hydrogens (tertiary/aromatic N) is 4. The number of benzene rings is 1. The van der Waals surface area contributed by atoms with E-state index in [1.54, 1.807) is 12.1 Å². The van der Waals surface area contributed by atoms with Gasteiger partial charge in [0.15, 0.2) is 0 Å². The van der Waals surface area contributed by atoms with Crippen molar-refractivity contribution in [1.82, 2.24) is 14.9 Å². The first kappa shape index (κ1) is 22.3. The zero-order valence-corrected chi connectivity index (χ0v) is 20.1. The van der Waals surface area contributed by atoms with Gasteiger partial charge in [-0.3, -0.25) is 4.79 Å². The second kappa shape index (κ2) is 9.75. The molecule has 1 aromatic carbocycles. The highest BCUT2D eigenvalue weighted by Crippen LogP contribution is 2.39. The van der Waals surface area contributed by atoms with Crippen molar-refractivity contribution in [1.29, 1.82) is 0 Å². The lowest BCUT2D eigenvalue weighted by Gasteiger charge is -2.36. The van der Waals surface area contributed by atoms with Gasteiger partial charge in [0, 0.05) is 43.0 Å². The number of anilines is 1. The molecule has 2 aromatic heterocycles. The number of carbonyl (C=O) groups excluding carboxylic acids is 1. The number of aryl methyl sites for hydroxylation is 3. The Morgan fingerprint density at radius 1 is 1.03 bits per heavy atom. The quantitative estimate of drug-likeness (QED) is 0.472. The minimum absolute atomic E-state index is 0.0319. The summed E-state index contributed by atoms with van der Waals surface area (Å²) in [6.45, 7) is 4.97. The third-order valence-corrected chi connectivity index (χ3v) is 7.99. The zero-order chi connectivity index (χ0) is 22.8. The number of rotatable bonds is 5. The Balaban J connectivity index is 1.42. The number of fused-ring (bicyclic) bond motifs is 3. The van der Waals surface area contributed by atoms with Gasteiger partial charge in [0.1, 0.15) is 22.3 Å². The summed E-state index contributed by atoms with van der Waals surface area (Å²) in [5.74, 6) is 1.66. The van der Waals surface area contributed by atoms with E-state index >= 15 is 0 Å². The maximum absolute atomic E-state index is 13.2. The van der Waals surface area contributed by atoms with Crippen molar-refractivity contribution in [3.05, 3.63) is 51.9 Å². The average Bonchev–Trinajstić information content (AvgIpc) is 3.03. The molecule has 1 amide bonds. The Morgan fingerprint density at radius 2 is 1.79 bits per heavy atom. The average molecular weight is 467 g/mol. The summed E-state index contributed by atoms with van der Waals surface area (Å²) in [6, 6.07) is 5.83. The highest BCUT2D eigenvalue weighted by Gasteiger charge is 2.27. The Labute approximate surface area is 198 Å². The Hall–Kier alpha value is -2.54. The standard InChI is InChI=1S/C26H31FN4OS/c1-2-3-9-22-28-24(23-20-7-5-4-6-8-21(20)33-25(23)29-22)30-14-16-31(17-15-30)26(32)18-10-12-19(27)13-11-18/h10-13H,2-9,14-17H2,1H3. The van der Waals surface area contributed by atoms with Crippen LogP contribution in [0.2, 0.25) is 0 Å². The predicted octanol–water partition coefficient (Wildman–Crippen LogP) is 5.40. The summed E-state index contributed by atoms with van der Waals surface area (Å²) >= 11 is 1.87. The first-order valence-corrected chi connectivity index (χ1v) is 13.1. The van der Waals surface area contributed by atoms with Crippen LogP contribution in [0.3, 0.4) is 0 Å². The minimum Gasteiger partial charge on any atom is -0.352 e. The van der Waals surface area contributed by atoms with Crippen molar-refractivity contribution in [2.75, 3.05) is 31.1 Å². The molecule has 0 radical (unpaired) electrons. The van der Waals surface area contributed by atoms with Gasteiger partial charge in [0.25, 0.3) is 5.91 Å². The fourth-order valence-electron chi connectivity index (χ4n) is 4.93. The molecule has 0 atom stereocenters. The highest BCUT2D eigenvalue weighted by atomic mass is 32.1. The Kier molecular flexibility index (Phi) is 6.58. The molecular weight excluding hydrogens is 435 g/mol. The fourth-order valence-corrected chi connectivity index (χ4v) is 6.20. The van der Waals surface area contributed by atoms with Crippen LogP contribution in [0.25, 0.3) is 10.2 Å². The van der Waals surface area contributed by atoms with E-state index < -0.39 is 0 Å². The summed E-state index contributed by atoms with van der Waals surface area (Å²) in [6.07, 6.45) is 9.18. The minimum atomic E-state index is -0.321. The van der Waals surface area contributed by atoms with Crippen LogP contribution >= 0.6 is 11.3 Å². The number of halogens is 1. The third-order valence-electron chi connectivity index (χ3n) is 6.80. The number of unbranched alkanes of at least 4 members (excludes halogenated alkanes) is 1. The van der Waals surface area contributed by atoms with Crippen LogP contribution in [0.5, 0.6) is 0 Å². The normalized spacial score (nSPS) is 16.7. The van der Waals surface area contributed by atoms with E-state index in [1.165, 1.54) is 47.2 Å². The lowest BCUT2D eigenvalue weighted by atomic mass is 10.1. The van der Waals surface area contributed by atoms with Crippen molar-refractivity contribution in [2.45, 2.75) is 58.3 Å². The smallest absolute Gasteiger partial charge is 0.253 e. The van der Waals surface area contributed by atoms with Crippen LogP contribution in [0.15, 0.2) is 24.3 Å². The molecule has 0 saturated carbocycles. The molecule has 1 saturated heterocycles. The maximum atomic E-state index is 13.2. The summed E-state index contributed by atoms with van der Waals surface area (Å²) in [5.41, 5.74) is 2.01. The van der Waals surface area contributed by atoms with Crippen molar-refractivity contribution in [3.8, 4) is 0 Å².